The van der Waals surface area contributed by atoms with Crippen molar-refractivity contribution in [3.8, 4) is 23.3 Å². The molecule has 1 aliphatic rings. The number of aliphatic hydroxyl groups is 1. The maximum atomic E-state index is 12.9. The Kier molecular flexibility index (Phi) is 7.15. The first-order chi connectivity index (χ1) is 11.3. The molecule has 1 N–H and O–H groups in total. The number of β-lactam (4-membered cyclic amide) rings is 1. The van der Waals surface area contributed by atoms with Crippen molar-refractivity contribution in [3.05, 3.63) is 0 Å². The van der Waals surface area contributed by atoms with Crippen molar-refractivity contribution in [3.63, 3.8) is 0 Å². The minimum atomic E-state index is -1.90. The van der Waals surface area contributed by atoms with E-state index in [4.69, 9.17) is 5.11 Å². The molecule has 25 heavy (non-hydrogen) atoms. The van der Waals surface area contributed by atoms with Crippen LogP contribution >= 0.6 is 0 Å². The maximum absolute atomic E-state index is 12.9. The molecule has 2 atom stereocenters. The van der Waals surface area contributed by atoms with Gasteiger partial charge in [-0.1, -0.05) is 53.5 Å². The molecule has 3 nitrogen and oxygen atoms in total. The van der Waals surface area contributed by atoms with E-state index >= 15 is 0 Å². The lowest BCUT2D eigenvalue weighted by Gasteiger charge is -2.58. The van der Waals surface area contributed by atoms with Crippen LogP contribution in [-0.2, 0) is 4.79 Å². The minimum Gasteiger partial charge on any atom is -0.395 e. The Morgan fingerprint density at radius 1 is 1.04 bits per heavy atom. The summed E-state index contributed by atoms with van der Waals surface area (Å²) in [6.07, 6.45) is 1.82. The number of rotatable bonds is 4. The van der Waals surface area contributed by atoms with E-state index in [2.05, 4.69) is 81.4 Å². The molecule has 1 saturated heterocycles. The van der Waals surface area contributed by atoms with Crippen molar-refractivity contribution >= 4 is 22.2 Å². The van der Waals surface area contributed by atoms with Gasteiger partial charge in [-0.3, -0.25) is 4.79 Å². The molecule has 1 fully saturated rings. The van der Waals surface area contributed by atoms with Crippen LogP contribution in [0.3, 0.4) is 0 Å². The summed E-state index contributed by atoms with van der Waals surface area (Å²) in [4.78, 5) is 12.9. The van der Waals surface area contributed by atoms with Gasteiger partial charge in [0.1, 0.15) is 8.07 Å². The molecular formula is C20H35NO2Si2. The molecule has 0 aromatic heterocycles. The van der Waals surface area contributed by atoms with Crippen molar-refractivity contribution in [2.45, 2.75) is 83.8 Å². The van der Waals surface area contributed by atoms with Crippen LogP contribution in [-0.4, -0.2) is 44.5 Å². The SMILES string of the molecule is CC(C)(C)[Si](C)(C)N1C(=O)[C@@H](CC#CCCO)[C@@H]1CC#C[Si](C)(C)C. The maximum Gasteiger partial charge on any atom is 0.221 e. The Balaban J connectivity index is 3.02. The molecule has 1 amide bonds. The van der Waals surface area contributed by atoms with E-state index in [9.17, 15) is 4.79 Å². The van der Waals surface area contributed by atoms with E-state index < -0.39 is 16.3 Å². The third-order valence-corrected chi connectivity index (χ3v) is 11.6. The van der Waals surface area contributed by atoms with Gasteiger partial charge >= 0.3 is 0 Å². The van der Waals surface area contributed by atoms with Crippen LogP contribution in [0.25, 0.3) is 0 Å². The van der Waals surface area contributed by atoms with E-state index in [0.29, 0.717) is 12.8 Å². The molecule has 0 aromatic rings. The predicted molar refractivity (Wildman–Crippen MR) is 111 cm³/mol. The summed E-state index contributed by atoms with van der Waals surface area (Å²) >= 11 is 0. The number of carbonyl (C=O) groups is 1. The van der Waals surface area contributed by atoms with Crippen molar-refractivity contribution < 1.29 is 9.90 Å². The fourth-order valence-corrected chi connectivity index (χ4v) is 6.03. The van der Waals surface area contributed by atoms with Crippen LogP contribution in [0.2, 0.25) is 37.8 Å². The average molecular weight is 378 g/mol. The fourth-order valence-electron chi connectivity index (χ4n) is 2.86. The number of carbonyl (C=O) groups excluding carboxylic acids is 1. The zero-order valence-corrected chi connectivity index (χ0v) is 19.3. The van der Waals surface area contributed by atoms with Crippen molar-refractivity contribution in [1.82, 2.24) is 4.57 Å². The summed E-state index contributed by atoms with van der Waals surface area (Å²) in [6.45, 7) is 18.1. The number of amides is 1. The minimum absolute atomic E-state index is 0.0312. The Hall–Kier alpha value is -1.02. The van der Waals surface area contributed by atoms with Crippen LogP contribution in [0.1, 0.15) is 40.0 Å². The first-order valence-electron chi connectivity index (χ1n) is 9.22. The summed E-state index contributed by atoms with van der Waals surface area (Å²) in [6, 6.07) is 0.195. The Bertz CT molecular complexity index is 606. The Labute approximate surface area is 156 Å². The van der Waals surface area contributed by atoms with Crippen molar-refractivity contribution in [1.29, 1.82) is 0 Å². The van der Waals surface area contributed by atoms with Gasteiger partial charge < -0.3 is 9.67 Å². The molecule has 0 spiro atoms. The van der Waals surface area contributed by atoms with Gasteiger partial charge in [0.2, 0.25) is 5.91 Å². The summed E-state index contributed by atoms with van der Waals surface area (Å²) in [5, 5.41) is 8.98. The third-order valence-electron chi connectivity index (χ3n) is 5.25. The Morgan fingerprint density at radius 3 is 2.12 bits per heavy atom. The number of hydrogen-bond acceptors (Lipinski definition) is 2. The highest BCUT2D eigenvalue weighted by atomic mass is 28.3. The molecule has 1 aliphatic heterocycles. The van der Waals surface area contributed by atoms with Gasteiger partial charge in [-0.05, 0) is 5.04 Å². The van der Waals surface area contributed by atoms with E-state index in [0.717, 1.165) is 6.42 Å². The molecule has 1 heterocycles. The molecule has 5 heteroatoms. The molecule has 0 unspecified atom stereocenters. The van der Waals surface area contributed by atoms with Gasteiger partial charge in [0.05, 0.1) is 12.5 Å². The largest absolute Gasteiger partial charge is 0.395 e. The zero-order valence-electron chi connectivity index (χ0n) is 17.3. The third kappa shape index (κ3) is 5.48. The molecule has 0 bridgehead atoms. The lowest BCUT2D eigenvalue weighted by atomic mass is 9.85. The highest BCUT2D eigenvalue weighted by Crippen LogP contribution is 2.46. The van der Waals surface area contributed by atoms with E-state index in [1.165, 1.54) is 0 Å². The topological polar surface area (TPSA) is 40.5 Å². The van der Waals surface area contributed by atoms with Gasteiger partial charge in [-0.2, -0.15) is 0 Å². The average Bonchev–Trinajstić information content (AvgIpc) is 2.43. The highest BCUT2D eigenvalue weighted by molar-refractivity contribution is 6.83. The summed E-state index contributed by atoms with van der Waals surface area (Å²) < 4.78 is 2.18. The first kappa shape index (κ1) is 22.0. The normalized spacial score (nSPS) is 21.0. The van der Waals surface area contributed by atoms with Gasteiger partial charge in [-0.25, -0.2) is 0 Å². The van der Waals surface area contributed by atoms with E-state index in [1.807, 2.05) is 0 Å². The van der Waals surface area contributed by atoms with Crippen molar-refractivity contribution in [2.75, 3.05) is 6.61 Å². The van der Waals surface area contributed by atoms with E-state index in [-0.39, 0.29) is 29.5 Å². The number of nitrogens with zero attached hydrogens (tertiary/aromatic N) is 1. The fraction of sp³-hybridized carbons (Fsp3) is 0.750. The standard InChI is InChI=1S/C20H35NO2Si2/c1-20(2,3)25(7,8)21-18(14-12-16-24(4,5)6)17(19(21)23)13-10-9-11-15-22/h17-18,22H,11,13-15H2,1-8H3/t17-,18-/m0/s1. The van der Waals surface area contributed by atoms with Crippen molar-refractivity contribution in [2.24, 2.45) is 5.92 Å². The molecule has 0 saturated carbocycles. The lowest BCUT2D eigenvalue weighted by molar-refractivity contribution is -0.147. The lowest BCUT2D eigenvalue weighted by Crippen LogP contribution is -2.72. The predicted octanol–water partition coefficient (Wildman–Crippen LogP) is 3.87. The summed E-state index contributed by atoms with van der Waals surface area (Å²) in [7, 11) is -3.30. The molecule has 1 rings (SSSR count). The van der Waals surface area contributed by atoms with Crippen LogP contribution in [0.5, 0.6) is 0 Å². The molecule has 0 aromatic carbocycles. The van der Waals surface area contributed by atoms with Gasteiger partial charge in [0.25, 0.3) is 0 Å². The second kappa shape index (κ2) is 8.12. The summed E-state index contributed by atoms with van der Waals surface area (Å²) in [5.74, 6) is 9.64. The van der Waals surface area contributed by atoms with Crippen LogP contribution < -0.4 is 0 Å². The highest BCUT2D eigenvalue weighted by Gasteiger charge is 2.56. The second-order valence-corrected chi connectivity index (χ2v) is 19.3. The summed E-state index contributed by atoms with van der Waals surface area (Å²) in [5.41, 5.74) is 3.44. The van der Waals surface area contributed by atoms with Gasteiger partial charge in [0, 0.05) is 25.3 Å². The second-order valence-electron chi connectivity index (χ2n) is 9.48. The quantitative estimate of drug-likeness (QED) is 0.459. The van der Waals surface area contributed by atoms with Crippen LogP contribution in [0.15, 0.2) is 0 Å². The number of aliphatic hydroxyl groups excluding tert-OH is 1. The van der Waals surface area contributed by atoms with Crippen LogP contribution in [0.4, 0.5) is 0 Å². The number of hydrogen-bond donors (Lipinski definition) is 1. The zero-order chi connectivity index (χ0) is 19.5. The van der Waals surface area contributed by atoms with Gasteiger partial charge in [0.15, 0.2) is 8.24 Å². The first-order valence-corrected chi connectivity index (χ1v) is 15.7. The van der Waals surface area contributed by atoms with E-state index in [1.54, 1.807) is 0 Å². The van der Waals surface area contributed by atoms with Crippen LogP contribution in [0, 0.1) is 29.2 Å². The molecule has 0 aliphatic carbocycles. The monoisotopic (exact) mass is 377 g/mol. The van der Waals surface area contributed by atoms with Gasteiger partial charge in [-0.15, -0.1) is 23.3 Å². The Morgan fingerprint density at radius 2 is 1.64 bits per heavy atom. The molecule has 140 valence electrons. The molecule has 0 radical (unpaired) electrons. The smallest absolute Gasteiger partial charge is 0.221 e. The molecular weight excluding hydrogens is 342 g/mol.